The quantitative estimate of drug-likeness (QED) is 0.373. The molecule has 0 spiro atoms. The van der Waals surface area contributed by atoms with Gasteiger partial charge in [-0.1, -0.05) is 25.5 Å². The predicted molar refractivity (Wildman–Crippen MR) is 74.3 cm³/mol. The second kappa shape index (κ2) is 8.79. The molecule has 0 radical (unpaired) electrons. The first-order valence-corrected chi connectivity index (χ1v) is 7.14. The number of hydrogen-bond acceptors (Lipinski definition) is 7. The van der Waals surface area contributed by atoms with Crippen LogP contribution < -0.4 is 0 Å². The van der Waals surface area contributed by atoms with Crippen LogP contribution in [0.1, 0.15) is 20.3 Å². The van der Waals surface area contributed by atoms with Gasteiger partial charge in [0.05, 0.1) is 19.8 Å². The van der Waals surface area contributed by atoms with Crippen LogP contribution in [0.25, 0.3) is 0 Å². The van der Waals surface area contributed by atoms with E-state index in [1.54, 1.807) is 6.08 Å². The molecule has 0 aliphatic carbocycles. The maximum Gasteiger partial charge on any atom is 0.186 e. The number of aliphatic hydroxyl groups excluding tert-OH is 5. The highest BCUT2D eigenvalue weighted by molar-refractivity contribution is 5.04. The summed E-state index contributed by atoms with van der Waals surface area (Å²) in [7, 11) is 0. The molecule has 0 aromatic rings. The van der Waals surface area contributed by atoms with Crippen LogP contribution in [0, 0.1) is 5.92 Å². The van der Waals surface area contributed by atoms with Gasteiger partial charge in [0.25, 0.3) is 0 Å². The summed E-state index contributed by atoms with van der Waals surface area (Å²) >= 11 is 0. The van der Waals surface area contributed by atoms with Crippen molar-refractivity contribution in [1.29, 1.82) is 0 Å². The Hall–Kier alpha value is -0.540. The van der Waals surface area contributed by atoms with Crippen LogP contribution in [0.5, 0.6) is 0 Å². The topological polar surface area (TPSA) is 120 Å². The Bertz CT molecular complexity index is 329. The molecule has 7 heteroatoms. The van der Waals surface area contributed by atoms with Gasteiger partial charge in [-0.05, 0) is 12.3 Å². The number of ether oxygens (including phenoxy) is 2. The highest BCUT2D eigenvalue weighted by atomic mass is 16.7. The molecule has 1 fully saturated rings. The fraction of sp³-hybridized carbons (Fsp3) is 0.857. The zero-order chi connectivity index (χ0) is 16.0. The summed E-state index contributed by atoms with van der Waals surface area (Å²) in [5.41, 5.74) is 1.02. The third-order valence-electron chi connectivity index (χ3n) is 3.62. The monoisotopic (exact) mass is 306 g/mol. The van der Waals surface area contributed by atoms with E-state index in [-0.39, 0.29) is 19.1 Å². The van der Waals surface area contributed by atoms with E-state index < -0.39 is 37.3 Å². The minimum Gasteiger partial charge on any atom is -0.394 e. The highest BCUT2D eigenvalue weighted by Gasteiger charge is 2.43. The first-order chi connectivity index (χ1) is 9.92. The minimum absolute atomic E-state index is 0.0481. The first kappa shape index (κ1) is 18.5. The van der Waals surface area contributed by atoms with E-state index in [1.165, 1.54) is 0 Å². The highest BCUT2D eigenvalue weighted by Crippen LogP contribution is 2.23. The van der Waals surface area contributed by atoms with Crippen molar-refractivity contribution in [3.63, 3.8) is 0 Å². The van der Waals surface area contributed by atoms with Crippen LogP contribution in [-0.2, 0) is 9.47 Å². The SMILES string of the molecule is CC(C)/C(=C\CO)CCO[C@@H]1O[C@H](CO)[C@@H](O)[C@H](O)[C@H]1O. The second-order valence-electron chi connectivity index (χ2n) is 5.43. The summed E-state index contributed by atoms with van der Waals surface area (Å²) in [6, 6.07) is 0. The van der Waals surface area contributed by atoms with Crippen molar-refractivity contribution in [3.8, 4) is 0 Å². The van der Waals surface area contributed by atoms with Gasteiger partial charge in [0.15, 0.2) is 6.29 Å². The molecular formula is C14H26O7. The van der Waals surface area contributed by atoms with E-state index in [9.17, 15) is 15.3 Å². The van der Waals surface area contributed by atoms with E-state index in [0.717, 1.165) is 5.57 Å². The Balaban J connectivity index is 2.52. The van der Waals surface area contributed by atoms with Crippen molar-refractivity contribution in [2.24, 2.45) is 5.92 Å². The van der Waals surface area contributed by atoms with E-state index >= 15 is 0 Å². The Morgan fingerprint density at radius 1 is 1.14 bits per heavy atom. The molecule has 0 saturated carbocycles. The van der Waals surface area contributed by atoms with Crippen molar-refractivity contribution in [1.82, 2.24) is 0 Å². The zero-order valence-electron chi connectivity index (χ0n) is 12.4. The summed E-state index contributed by atoms with van der Waals surface area (Å²) < 4.78 is 10.6. The minimum atomic E-state index is -1.43. The van der Waals surface area contributed by atoms with Gasteiger partial charge in [0.1, 0.15) is 24.4 Å². The van der Waals surface area contributed by atoms with E-state index in [0.29, 0.717) is 6.42 Å². The fourth-order valence-electron chi connectivity index (χ4n) is 2.24. The van der Waals surface area contributed by atoms with Crippen LogP contribution in [0.2, 0.25) is 0 Å². The molecule has 124 valence electrons. The molecule has 1 heterocycles. The summed E-state index contributed by atoms with van der Waals surface area (Å²) in [6.45, 7) is 3.69. The van der Waals surface area contributed by atoms with Gasteiger partial charge in [-0.15, -0.1) is 0 Å². The third kappa shape index (κ3) is 5.00. The zero-order valence-corrected chi connectivity index (χ0v) is 12.4. The fourth-order valence-corrected chi connectivity index (χ4v) is 2.24. The number of aliphatic hydroxyl groups is 5. The summed E-state index contributed by atoms with van der Waals surface area (Å²) in [5.74, 6) is 0.260. The molecule has 1 aliphatic rings. The molecule has 0 aromatic carbocycles. The Morgan fingerprint density at radius 3 is 2.33 bits per heavy atom. The maximum atomic E-state index is 9.80. The Kier molecular flexibility index (Phi) is 7.75. The van der Waals surface area contributed by atoms with Crippen LogP contribution >= 0.6 is 0 Å². The lowest BCUT2D eigenvalue weighted by Crippen LogP contribution is -2.59. The predicted octanol–water partition coefficient (Wildman–Crippen LogP) is -1.23. The van der Waals surface area contributed by atoms with E-state index in [1.807, 2.05) is 13.8 Å². The maximum absolute atomic E-state index is 9.80. The average Bonchev–Trinajstić information content (AvgIpc) is 2.46. The smallest absolute Gasteiger partial charge is 0.186 e. The molecule has 0 aromatic heterocycles. The van der Waals surface area contributed by atoms with Crippen LogP contribution in [-0.4, -0.2) is 76.1 Å². The normalized spacial score (nSPS) is 34.5. The van der Waals surface area contributed by atoms with Crippen LogP contribution in [0.3, 0.4) is 0 Å². The molecule has 5 atom stereocenters. The molecule has 0 unspecified atom stereocenters. The Labute approximate surface area is 124 Å². The van der Waals surface area contributed by atoms with Gasteiger partial charge >= 0.3 is 0 Å². The lowest BCUT2D eigenvalue weighted by atomic mass is 9.99. The molecule has 1 rings (SSSR count). The molecule has 0 amide bonds. The van der Waals surface area contributed by atoms with Crippen molar-refractivity contribution in [2.45, 2.75) is 51.0 Å². The van der Waals surface area contributed by atoms with Gasteiger partial charge in [0, 0.05) is 0 Å². The van der Waals surface area contributed by atoms with Crippen molar-refractivity contribution in [3.05, 3.63) is 11.6 Å². The van der Waals surface area contributed by atoms with Crippen molar-refractivity contribution in [2.75, 3.05) is 19.8 Å². The largest absolute Gasteiger partial charge is 0.394 e. The van der Waals surface area contributed by atoms with Crippen molar-refractivity contribution < 1.29 is 35.0 Å². The molecule has 0 bridgehead atoms. The molecule has 5 N–H and O–H groups in total. The summed E-state index contributed by atoms with van der Waals surface area (Å²) in [5, 5.41) is 47.1. The van der Waals surface area contributed by atoms with Gasteiger partial charge in [-0.3, -0.25) is 0 Å². The lowest BCUT2D eigenvalue weighted by Gasteiger charge is -2.39. The van der Waals surface area contributed by atoms with Gasteiger partial charge < -0.3 is 35.0 Å². The molecular weight excluding hydrogens is 280 g/mol. The van der Waals surface area contributed by atoms with Crippen LogP contribution in [0.4, 0.5) is 0 Å². The standard InChI is InChI=1S/C14H26O7/c1-8(2)9(3-5-15)4-6-20-14-13(19)12(18)11(17)10(7-16)21-14/h3,8,10-19H,4-7H2,1-2H3/b9-3-/t10-,11-,12+,13-,14-/m1/s1. The number of hydrogen-bond donors (Lipinski definition) is 5. The third-order valence-corrected chi connectivity index (χ3v) is 3.62. The average molecular weight is 306 g/mol. The second-order valence-corrected chi connectivity index (χ2v) is 5.43. The van der Waals surface area contributed by atoms with Gasteiger partial charge in [0.2, 0.25) is 0 Å². The molecule has 21 heavy (non-hydrogen) atoms. The number of rotatable bonds is 7. The molecule has 1 saturated heterocycles. The first-order valence-electron chi connectivity index (χ1n) is 7.14. The van der Waals surface area contributed by atoms with Gasteiger partial charge in [-0.2, -0.15) is 0 Å². The molecule has 1 aliphatic heterocycles. The summed E-state index contributed by atoms with van der Waals surface area (Å²) in [6.07, 6.45) is -4.01. The van der Waals surface area contributed by atoms with E-state index in [4.69, 9.17) is 19.7 Å². The van der Waals surface area contributed by atoms with E-state index in [2.05, 4.69) is 0 Å². The van der Waals surface area contributed by atoms with Crippen LogP contribution in [0.15, 0.2) is 11.6 Å². The summed E-state index contributed by atoms with van der Waals surface area (Å²) in [4.78, 5) is 0. The van der Waals surface area contributed by atoms with Crippen molar-refractivity contribution >= 4 is 0 Å². The lowest BCUT2D eigenvalue weighted by molar-refractivity contribution is -0.300. The molecule has 7 nitrogen and oxygen atoms in total. The Morgan fingerprint density at radius 2 is 1.81 bits per heavy atom. The van der Waals surface area contributed by atoms with Gasteiger partial charge in [-0.25, -0.2) is 0 Å².